The Balaban J connectivity index is 2.38. The van der Waals surface area contributed by atoms with E-state index in [2.05, 4.69) is 11.7 Å². The molecular weight excluding hydrogens is 332 g/mol. The van der Waals surface area contributed by atoms with Crippen molar-refractivity contribution in [2.45, 2.75) is 58.8 Å². The van der Waals surface area contributed by atoms with Crippen LogP contribution >= 0.6 is 0 Å². The van der Waals surface area contributed by atoms with Crippen molar-refractivity contribution in [2.24, 2.45) is 5.92 Å². The van der Waals surface area contributed by atoms with Crippen molar-refractivity contribution >= 4 is 11.8 Å². The van der Waals surface area contributed by atoms with Gasteiger partial charge in [-0.1, -0.05) is 45.6 Å². The molecule has 0 aromatic heterocycles. The zero-order chi connectivity index (χ0) is 19.2. The van der Waals surface area contributed by atoms with Crippen molar-refractivity contribution in [3.8, 4) is 11.5 Å². The summed E-state index contributed by atoms with van der Waals surface area (Å²) in [4.78, 5) is 23.4. The maximum absolute atomic E-state index is 12.1. The van der Waals surface area contributed by atoms with Gasteiger partial charge in [-0.25, -0.2) is 0 Å². The van der Waals surface area contributed by atoms with Gasteiger partial charge in [-0.05, 0) is 24.5 Å². The molecule has 1 atom stereocenters. The fourth-order valence-corrected chi connectivity index (χ4v) is 2.60. The zero-order valence-corrected chi connectivity index (χ0v) is 16.3. The first kappa shape index (κ1) is 22.0. The van der Waals surface area contributed by atoms with Crippen LogP contribution in [0.4, 0.5) is 0 Å². The Morgan fingerprint density at radius 1 is 1.00 bits per heavy atom. The highest BCUT2D eigenvalue weighted by atomic mass is 16.5. The van der Waals surface area contributed by atoms with Crippen molar-refractivity contribution in [3.05, 3.63) is 24.3 Å². The summed E-state index contributed by atoms with van der Waals surface area (Å²) in [7, 11) is 1.36. The van der Waals surface area contributed by atoms with Crippen molar-refractivity contribution in [2.75, 3.05) is 20.3 Å². The van der Waals surface area contributed by atoms with Crippen LogP contribution < -0.4 is 9.47 Å². The van der Waals surface area contributed by atoms with Crippen LogP contribution in [-0.2, 0) is 14.3 Å². The van der Waals surface area contributed by atoms with E-state index < -0.39 is 0 Å². The largest absolute Gasteiger partial charge is 0.493 e. The lowest BCUT2D eigenvalue weighted by Gasteiger charge is -2.13. The van der Waals surface area contributed by atoms with Gasteiger partial charge in [0, 0.05) is 18.9 Å². The molecule has 0 heterocycles. The normalized spacial score (nSPS) is 11.7. The summed E-state index contributed by atoms with van der Waals surface area (Å²) < 4.78 is 16.0. The zero-order valence-electron chi connectivity index (χ0n) is 16.3. The van der Waals surface area contributed by atoms with Crippen LogP contribution in [0.5, 0.6) is 11.5 Å². The van der Waals surface area contributed by atoms with Crippen LogP contribution in [-0.4, -0.2) is 32.1 Å². The summed E-state index contributed by atoms with van der Waals surface area (Å²) in [5.41, 5.74) is 0. The number of methoxy groups -OCH3 is 1. The molecule has 0 saturated heterocycles. The molecule has 1 aromatic rings. The first-order valence-electron chi connectivity index (χ1n) is 9.53. The molecule has 5 heteroatoms. The van der Waals surface area contributed by atoms with Gasteiger partial charge < -0.3 is 14.2 Å². The standard InChI is InChI=1S/C21H32O5/c1-4-6-7-8-12-25-19-10-9-11-20(15-19)26-16-18(22)13-17(5-2)14-21(23)24-3/h9-11,15,17H,4-8,12-14,16H2,1-3H3. The molecule has 0 aliphatic carbocycles. The molecule has 0 saturated carbocycles. The number of carbonyl (C=O) groups is 2. The molecule has 5 nitrogen and oxygen atoms in total. The van der Waals surface area contributed by atoms with Gasteiger partial charge in [0.25, 0.3) is 0 Å². The maximum Gasteiger partial charge on any atom is 0.305 e. The minimum absolute atomic E-state index is 0.00236. The van der Waals surface area contributed by atoms with Gasteiger partial charge in [0.05, 0.1) is 13.7 Å². The number of hydrogen-bond donors (Lipinski definition) is 0. The van der Waals surface area contributed by atoms with Crippen LogP contribution in [0, 0.1) is 5.92 Å². The summed E-state index contributed by atoms with van der Waals surface area (Å²) >= 11 is 0. The van der Waals surface area contributed by atoms with Crippen LogP contribution in [0.3, 0.4) is 0 Å². The Morgan fingerprint density at radius 3 is 2.38 bits per heavy atom. The average molecular weight is 364 g/mol. The molecule has 146 valence electrons. The van der Waals surface area contributed by atoms with Gasteiger partial charge in [-0.15, -0.1) is 0 Å². The molecular formula is C21H32O5. The van der Waals surface area contributed by atoms with Crippen LogP contribution in [0.2, 0.25) is 0 Å². The van der Waals surface area contributed by atoms with E-state index in [4.69, 9.17) is 9.47 Å². The fourth-order valence-electron chi connectivity index (χ4n) is 2.60. The summed E-state index contributed by atoms with van der Waals surface area (Å²) in [6.45, 7) is 4.83. The average Bonchev–Trinajstić information content (AvgIpc) is 2.65. The molecule has 0 fully saturated rings. The van der Waals surface area contributed by atoms with E-state index in [1.807, 2.05) is 25.1 Å². The number of ether oxygens (including phenoxy) is 3. The summed E-state index contributed by atoms with van der Waals surface area (Å²) in [6, 6.07) is 7.35. The van der Waals surface area contributed by atoms with Crippen LogP contribution in [0.15, 0.2) is 24.3 Å². The van der Waals surface area contributed by atoms with Gasteiger partial charge >= 0.3 is 5.97 Å². The number of carbonyl (C=O) groups excluding carboxylic acids is 2. The first-order valence-corrected chi connectivity index (χ1v) is 9.53. The lowest BCUT2D eigenvalue weighted by molar-refractivity contribution is -0.141. The van der Waals surface area contributed by atoms with Gasteiger partial charge in [-0.2, -0.15) is 0 Å². The van der Waals surface area contributed by atoms with E-state index in [0.29, 0.717) is 18.8 Å². The second kappa shape index (κ2) is 13.2. The highest BCUT2D eigenvalue weighted by Gasteiger charge is 2.17. The summed E-state index contributed by atoms with van der Waals surface area (Å²) in [6.07, 6.45) is 5.97. The topological polar surface area (TPSA) is 61.8 Å². The lowest BCUT2D eigenvalue weighted by atomic mass is 9.96. The van der Waals surface area contributed by atoms with Crippen LogP contribution in [0.25, 0.3) is 0 Å². The quantitative estimate of drug-likeness (QED) is 0.357. The number of ketones is 1. The number of benzene rings is 1. The van der Waals surface area contributed by atoms with E-state index in [-0.39, 0.29) is 30.7 Å². The third-order valence-corrected chi connectivity index (χ3v) is 4.25. The minimum atomic E-state index is -0.283. The smallest absolute Gasteiger partial charge is 0.305 e. The summed E-state index contributed by atoms with van der Waals surface area (Å²) in [5.74, 6) is 1.06. The second-order valence-corrected chi connectivity index (χ2v) is 6.47. The summed E-state index contributed by atoms with van der Waals surface area (Å²) in [5, 5.41) is 0. The Bertz CT molecular complexity index is 541. The molecule has 0 aliphatic heterocycles. The van der Waals surface area contributed by atoms with Gasteiger partial charge in [0.15, 0.2) is 5.78 Å². The number of hydrogen-bond acceptors (Lipinski definition) is 5. The lowest BCUT2D eigenvalue weighted by Crippen LogP contribution is -2.18. The van der Waals surface area contributed by atoms with Crippen molar-refractivity contribution in [3.63, 3.8) is 0 Å². The molecule has 0 bridgehead atoms. The number of unbranched alkanes of at least 4 members (excludes halogenated alkanes) is 3. The predicted octanol–water partition coefficient (Wildman–Crippen LogP) is 4.57. The third kappa shape index (κ3) is 9.44. The van der Waals surface area contributed by atoms with Crippen molar-refractivity contribution < 1.29 is 23.8 Å². The molecule has 0 spiro atoms. The Morgan fingerprint density at radius 2 is 1.73 bits per heavy atom. The monoisotopic (exact) mass is 364 g/mol. The molecule has 26 heavy (non-hydrogen) atoms. The molecule has 0 aliphatic rings. The first-order chi connectivity index (χ1) is 12.6. The molecule has 1 aromatic carbocycles. The SMILES string of the molecule is CCCCCCOc1cccc(OCC(=O)CC(CC)CC(=O)OC)c1. The maximum atomic E-state index is 12.1. The fraction of sp³-hybridized carbons (Fsp3) is 0.619. The number of Topliss-reactive ketones (excluding diaryl/α,β-unsaturated/α-hetero) is 1. The van der Waals surface area contributed by atoms with E-state index in [9.17, 15) is 9.59 Å². The Kier molecular flexibility index (Phi) is 11.2. The third-order valence-electron chi connectivity index (χ3n) is 4.25. The molecule has 0 radical (unpaired) electrons. The molecule has 1 rings (SSSR count). The Hall–Kier alpha value is -2.04. The molecule has 0 N–H and O–H groups in total. The Labute approximate surface area is 157 Å². The number of esters is 1. The van der Waals surface area contributed by atoms with Crippen LogP contribution in [0.1, 0.15) is 58.8 Å². The van der Waals surface area contributed by atoms with Gasteiger partial charge in [0.1, 0.15) is 18.1 Å². The van der Waals surface area contributed by atoms with Crippen molar-refractivity contribution in [1.29, 1.82) is 0 Å². The highest BCUT2D eigenvalue weighted by Crippen LogP contribution is 2.20. The van der Waals surface area contributed by atoms with Gasteiger partial charge in [-0.3, -0.25) is 9.59 Å². The van der Waals surface area contributed by atoms with E-state index in [0.717, 1.165) is 18.6 Å². The minimum Gasteiger partial charge on any atom is -0.493 e. The number of rotatable bonds is 14. The van der Waals surface area contributed by atoms with E-state index >= 15 is 0 Å². The van der Waals surface area contributed by atoms with E-state index in [1.165, 1.54) is 26.4 Å². The predicted molar refractivity (Wildman–Crippen MR) is 102 cm³/mol. The molecule has 1 unspecified atom stereocenters. The highest BCUT2D eigenvalue weighted by molar-refractivity contribution is 5.81. The van der Waals surface area contributed by atoms with E-state index in [1.54, 1.807) is 6.07 Å². The second-order valence-electron chi connectivity index (χ2n) is 6.47. The van der Waals surface area contributed by atoms with Crippen molar-refractivity contribution in [1.82, 2.24) is 0 Å². The van der Waals surface area contributed by atoms with Gasteiger partial charge in [0.2, 0.25) is 0 Å². The molecule has 0 amide bonds.